The first-order valence-electron chi connectivity index (χ1n) is 10.6. The van der Waals surface area contributed by atoms with E-state index < -0.39 is 0 Å². The van der Waals surface area contributed by atoms with E-state index >= 15 is 0 Å². The van der Waals surface area contributed by atoms with Crippen molar-refractivity contribution in [3.8, 4) is 0 Å². The maximum Gasteiger partial charge on any atom is 0.248 e. The fourth-order valence-corrected chi connectivity index (χ4v) is 3.83. The summed E-state index contributed by atoms with van der Waals surface area (Å²) in [5.74, 6) is -0.504. The molecule has 0 aliphatic carbocycles. The standard InChI is InChI=1S/C26H26FN3O/c27-23-9-6-21(7-10-23)8-15-26(31)28-24-11-13-25(14-12-24)30-18-16-29(17-19-30)20-22-4-2-1-3-5-22/h1-15H,16-20H2,(H,28,31)/p+1/b15-8+. The van der Waals surface area contributed by atoms with Crippen molar-refractivity contribution in [2.75, 3.05) is 36.4 Å². The van der Waals surface area contributed by atoms with Crippen LogP contribution in [-0.2, 0) is 11.3 Å². The first kappa shape index (κ1) is 20.8. The average Bonchev–Trinajstić information content (AvgIpc) is 2.80. The van der Waals surface area contributed by atoms with E-state index in [-0.39, 0.29) is 11.7 Å². The van der Waals surface area contributed by atoms with Gasteiger partial charge in [0.2, 0.25) is 5.91 Å². The van der Waals surface area contributed by atoms with Crippen LogP contribution in [0.5, 0.6) is 0 Å². The lowest BCUT2D eigenvalue weighted by molar-refractivity contribution is -0.914. The molecule has 158 valence electrons. The zero-order chi connectivity index (χ0) is 21.5. The number of piperazine rings is 1. The molecule has 0 aromatic heterocycles. The molecule has 31 heavy (non-hydrogen) atoms. The number of halogens is 1. The number of hydrogen-bond donors (Lipinski definition) is 2. The summed E-state index contributed by atoms with van der Waals surface area (Å²) in [6.45, 7) is 5.34. The van der Waals surface area contributed by atoms with E-state index in [1.54, 1.807) is 23.1 Å². The Balaban J connectivity index is 1.26. The molecule has 4 nitrogen and oxygen atoms in total. The third-order valence-corrected chi connectivity index (χ3v) is 5.56. The summed E-state index contributed by atoms with van der Waals surface area (Å²) >= 11 is 0. The molecule has 1 aliphatic heterocycles. The van der Waals surface area contributed by atoms with Crippen molar-refractivity contribution >= 4 is 23.4 Å². The summed E-state index contributed by atoms with van der Waals surface area (Å²) in [6.07, 6.45) is 3.12. The van der Waals surface area contributed by atoms with E-state index in [9.17, 15) is 9.18 Å². The molecule has 1 amide bonds. The number of hydrogen-bond acceptors (Lipinski definition) is 2. The quantitative estimate of drug-likeness (QED) is 0.605. The van der Waals surface area contributed by atoms with Crippen LogP contribution >= 0.6 is 0 Å². The van der Waals surface area contributed by atoms with Crippen LogP contribution < -0.4 is 15.1 Å². The van der Waals surface area contributed by atoms with Gasteiger partial charge in [0.1, 0.15) is 12.4 Å². The summed E-state index contributed by atoms with van der Waals surface area (Å²) in [5, 5.41) is 2.87. The highest BCUT2D eigenvalue weighted by Crippen LogP contribution is 2.18. The number of nitrogens with one attached hydrogen (secondary N) is 2. The van der Waals surface area contributed by atoms with E-state index in [2.05, 4.69) is 52.7 Å². The van der Waals surface area contributed by atoms with Gasteiger partial charge in [-0.05, 0) is 48.0 Å². The van der Waals surface area contributed by atoms with Gasteiger partial charge in [-0.2, -0.15) is 0 Å². The van der Waals surface area contributed by atoms with Gasteiger partial charge in [0.25, 0.3) is 0 Å². The predicted octanol–water partition coefficient (Wildman–Crippen LogP) is 3.38. The van der Waals surface area contributed by atoms with Crippen molar-refractivity contribution in [3.63, 3.8) is 0 Å². The lowest BCUT2D eigenvalue weighted by atomic mass is 10.2. The third-order valence-electron chi connectivity index (χ3n) is 5.56. The number of rotatable bonds is 6. The monoisotopic (exact) mass is 416 g/mol. The van der Waals surface area contributed by atoms with Crippen LogP contribution in [0.1, 0.15) is 11.1 Å². The molecule has 3 aromatic rings. The lowest BCUT2D eigenvalue weighted by Crippen LogP contribution is -3.13. The van der Waals surface area contributed by atoms with Gasteiger partial charge >= 0.3 is 0 Å². The van der Waals surface area contributed by atoms with Gasteiger partial charge in [0, 0.05) is 23.0 Å². The summed E-state index contributed by atoms with van der Waals surface area (Å²) in [7, 11) is 0. The molecule has 1 heterocycles. The molecular formula is C26H27FN3O+. The molecule has 0 radical (unpaired) electrons. The Morgan fingerprint density at radius 1 is 0.935 bits per heavy atom. The minimum absolute atomic E-state index is 0.213. The molecule has 5 heteroatoms. The van der Waals surface area contributed by atoms with Crippen molar-refractivity contribution in [2.24, 2.45) is 0 Å². The lowest BCUT2D eigenvalue weighted by Gasteiger charge is -2.33. The van der Waals surface area contributed by atoms with E-state index in [1.165, 1.54) is 29.5 Å². The van der Waals surface area contributed by atoms with E-state index in [0.29, 0.717) is 0 Å². The highest BCUT2D eigenvalue weighted by Gasteiger charge is 2.20. The van der Waals surface area contributed by atoms with Gasteiger partial charge < -0.3 is 15.1 Å². The molecular weight excluding hydrogens is 389 g/mol. The highest BCUT2D eigenvalue weighted by atomic mass is 19.1. The van der Waals surface area contributed by atoms with Crippen molar-refractivity contribution in [2.45, 2.75) is 6.54 Å². The van der Waals surface area contributed by atoms with Gasteiger partial charge in [0.15, 0.2) is 0 Å². The fraction of sp³-hybridized carbons (Fsp3) is 0.192. The highest BCUT2D eigenvalue weighted by molar-refractivity contribution is 6.02. The first-order chi connectivity index (χ1) is 15.2. The normalized spacial score (nSPS) is 14.7. The van der Waals surface area contributed by atoms with Crippen LogP contribution in [0.4, 0.5) is 15.8 Å². The number of benzene rings is 3. The minimum atomic E-state index is -0.291. The van der Waals surface area contributed by atoms with Crippen LogP contribution in [0.15, 0.2) is 84.9 Å². The molecule has 0 saturated carbocycles. The first-order valence-corrected chi connectivity index (χ1v) is 10.6. The van der Waals surface area contributed by atoms with Crippen molar-refractivity contribution in [3.05, 3.63) is 102 Å². The van der Waals surface area contributed by atoms with Crippen LogP contribution in [-0.4, -0.2) is 32.1 Å². The van der Waals surface area contributed by atoms with Crippen molar-refractivity contribution in [1.82, 2.24) is 0 Å². The Hall–Kier alpha value is -3.44. The molecule has 1 saturated heterocycles. The number of quaternary nitrogens is 1. The Morgan fingerprint density at radius 3 is 2.29 bits per heavy atom. The average molecular weight is 417 g/mol. The Bertz CT molecular complexity index is 1010. The molecule has 3 aromatic carbocycles. The Kier molecular flexibility index (Phi) is 6.75. The number of anilines is 2. The second-order valence-electron chi connectivity index (χ2n) is 7.82. The van der Waals surface area contributed by atoms with Gasteiger partial charge in [-0.15, -0.1) is 0 Å². The summed E-state index contributed by atoms with van der Waals surface area (Å²) in [5.41, 5.74) is 4.10. The number of nitrogens with zero attached hydrogens (tertiary/aromatic N) is 1. The molecule has 1 aliphatic rings. The topological polar surface area (TPSA) is 36.8 Å². The Morgan fingerprint density at radius 2 is 1.61 bits per heavy atom. The smallest absolute Gasteiger partial charge is 0.248 e. The largest absolute Gasteiger partial charge is 0.360 e. The van der Waals surface area contributed by atoms with Gasteiger partial charge in [-0.25, -0.2) is 4.39 Å². The van der Waals surface area contributed by atoms with Crippen molar-refractivity contribution in [1.29, 1.82) is 0 Å². The summed E-state index contributed by atoms with van der Waals surface area (Å²) in [6, 6.07) is 24.7. The summed E-state index contributed by atoms with van der Waals surface area (Å²) < 4.78 is 12.9. The maximum atomic E-state index is 12.9. The second kappa shape index (κ2) is 10.0. The Labute approximate surface area is 182 Å². The zero-order valence-electron chi connectivity index (χ0n) is 17.4. The second-order valence-corrected chi connectivity index (χ2v) is 7.82. The van der Waals surface area contributed by atoms with Gasteiger partial charge in [-0.3, -0.25) is 4.79 Å². The maximum absolute atomic E-state index is 12.9. The predicted molar refractivity (Wildman–Crippen MR) is 124 cm³/mol. The van der Waals surface area contributed by atoms with Crippen LogP contribution in [0.2, 0.25) is 0 Å². The summed E-state index contributed by atoms with van der Waals surface area (Å²) in [4.78, 5) is 16.1. The van der Waals surface area contributed by atoms with Crippen LogP contribution in [0.25, 0.3) is 6.08 Å². The molecule has 0 unspecified atom stereocenters. The van der Waals surface area contributed by atoms with E-state index in [0.717, 1.165) is 44.0 Å². The van der Waals surface area contributed by atoms with Gasteiger partial charge in [0.05, 0.1) is 26.2 Å². The number of amides is 1. The van der Waals surface area contributed by atoms with Gasteiger partial charge in [-0.1, -0.05) is 42.5 Å². The SMILES string of the molecule is O=C(/C=C/c1ccc(F)cc1)Nc1ccc(N2CC[NH+](Cc3ccccc3)CC2)cc1. The number of carbonyl (C=O) groups excluding carboxylic acids is 1. The van der Waals surface area contributed by atoms with Crippen molar-refractivity contribution < 1.29 is 14.1 Å². The molecule has 1 fully saturated rings. The molecule has 2 N–H and O–H groups in total. The van der Waals surface area contributed by atoms with Crippen LogP contribution in [0, 0.1) is 5.82 Å². The molecule has 0 atom stereocenters. The van der Waals surface area contributed by atoms with Crippen LogP contribution in [0.3, 0.4) is 0 Å². The molecule has 0 bridgehead atoms. The molecule has 0 spiro atoms. The zero-order valence-corrected chi connectivity index (χ0v) is 17.4. The van der Waals surface area contributed by atoms with E-state index in [4.69, 9.17) is 0 Å². The fourth-order valence-electron chi connectivity index (χ4n) is 3.83. The minimum Gasteiger partial charge on any atom is -0.360 e. The third kappa shape index (κ3) is 6.03. The number of carbonyl (C=O) groups is 1. The van der Waals surface area contributed by atoms with E-state index in [1.807, 2.05) is 12.1 Å². The molecule has 4 rings (SSSR count).